The number of rotatable bonds is 4. The molecule has 2 rings (SSSR count). The molecular weight excluding hydrogens is 297 g/mol. The van der Waals surface area contributed by atoms with E-state index in [1.54, 1.807) is 55.5 Å². The van der Waals surface area contributed by atoms with Gasteiger partial charge in [-0.1, -0.05) is 35.3 Å². The second kappa shape index (κ2) is 6.64. The van der Waals surface area contributed by atoms with Crippen molar-refractivity contribution in [1.29, 1.82) is 0 Å². The van der Waals surface area contributed by atoms with Crippen LogP contribution in [0.3, 0.4) is 0 Å². The van der Waals surface area contributed by atoms with Crippen LogP contribution in [0, 0.1) is 0 Å². The smallest absolute Gasteiger partial charge is 0.265 e. The van der Waals surface area contributed by atoms with Crippen LogP contribution in [-0.4, -0.2) is 12.0 Å². The van der Waals surface area contributed by atoms with Crippen LogP contribution in [0.2, 0.25) is 10.0 Å². The fourth-order valence-corrected chi connectivity index (χ4v) is 1.87. The maximum atomic E-state index is 12.0. The molecule has 0 fully saturated rings. The van der Waals surface area contributed by atoms with Gasteiger partial charge in [0.2, 0.25) is 0 Å². The molecule has 5 heteroatoms. The second-order valence-corrected chi connectivity index (χ2v) is 5.03. The van der Waals surface area contributed by atoms with Gasteiger partial charge in [-0.2, -0.15) is 0 Å². The minimum absolute atomic E-state index is 0.257. The van der Waals surface area contributed by atoms with Crippen molar-refractivity contribution < 1.29 is 9.53 Å². The number of halogens is 2. The molecule has 2 aromatic rings. The second-order valence-electron chi connectivity index (χ2n) is 4.19. The number of nitrogens with one attached hydrogen (secondary N) is 1. The topological polar surface area (TPSA) is 38.3 Å². The molecule has 20 heavy (non-hydrogen) atoms. The summed E-state index contributed by atoms with van der Waals surface area (Å²) in [7, 11) is 0. The molecule has 0 aromatic heterocycles. The Hall–Kier alpha value is -1.71. The Morgan fingerprint density at radius 2 is 1.75 bits per heavy atom. The maximum absolute atomic E-state index is 12.0. The van der Waals surface area contributed by atoms with E-state index in [1.165, 1.54) is 0 Å². The maximum Gasteiger partial charge on any atom is 0.265 e. The standard InChI is InChI=1S/C15H13Cl2NO2/c1-10(20-14-5-3-2-4-13(14)17)15(19)18-12-8-6-11(16)7-9-12/h2-10H,1H3,(H,18,19)/t10-/m0/s1. The Labute approximate surface area is 127 Å². The highest BCUT2D eigenvalue weighted by Gasteiger charge is 2.16. The van der Waals surface area contributed by atoms with Crippen molar-refractivity contribution in [3.05, 3.63) is 58.6 Å². The van der Waals surface area contributed by atoms with Gasteiger partial charge in [-0.05, 0) is 43.3 Å². The fraction of sp³-hybridized carbons (Fsp3) is 0.133. The minimum atomic E-state index is -0.662. The van der Waals surface area contributed by atoms with Crippen LogP contribution in [0.25, 0.3) is 0 Å². The van der Waals surface area contributed by atoms with Crippen LogP contribution in [0.5, 0.6) is 5.75 Å². The summed E-state index contributed by atoms with van der Waals surface area (Å²) in [5, 5.41) is 3.83. The van der Waals surface area contributed by atoms with Crippen LogP contribution in [0.1, 0.15) is 6.92 Å². The minimum Gasteiger partial charge on any atom is -0.479 e. The molecule has 0 spiro atoms. The molecule has 0 aliphatic rings. The first-order chi connectivity index (χ1) is 9.56. The molecule has 2 aromatic carbocycles. The summed E-state index contributed by atoms with van der Waals surface area (Å²) in [6.07, 6.45) is -0.662. The molecule has 0 aliphatic carbocycles. The Bertz CT molecular complexity index is 599. The first-order valence-corrected chi connectivity index (χ1v) is 6.79. The first kappa shape index (κ1) is 14.7. The Balaban J connectivity index is 1.99. The third-order valence-electron chi connectivity index (χ3n) is 2.62. The highest BCUT2D eigenvalue weighted by Crippen LogP contribution is 2.24. The SMILES string of the molecule is C[C@H](Oc1ccccc1Cl)C(=O)Nc1ccc(Cl)cc1. The molecule has 0 heterocycles. The average molecular weight is 310 g/mol. The largest absolute Gasteiger partial charge is 0.479 e. The molecule has 1 atom stereocenters. The Kier molecular flexibility index (Phi) is 4.88. The highest BCUT2D eigenvalue weighted by molar-refractivity contribution is 6.32. The summed E-state index contributed by atoms with van der Waals surface area (Å²) < 4.78 is 5.53. The number of hydrogen-bond acceptors (Lipinski definition) is 2. The molecule has 0 saturated carbocycles. The monoisotopic (exact) mass is 309 g/mol. The van der Waals surface area contributed by atoms with Gasteiger partial charge in [-0.3, -0.25) is 4.79 Å². The molecule has 0 aliphatic heterocycles. The molecule has 104 valence electrons. The van der Waals surface area contributed by atoms with Gasteiger partial charge >= 0.3 is 0 Å². The summed E-state index contributed by atoms with van der Waals surface area (Å²) in [4.78, 5) is 12.0. The van der Waals surface area contributed by atoms with E-state index in [-0.39, 0.29) is 5.91 Å². The quantitative estimate of drug-likeness (QED) is 0.909. The lowest BCUT2D eigenvalue weighted by Gasteiger charge is -2.15. The highest BCUT2D eigenvalue weighted by atomic mass is 35.5. The number of anilines is 1. The van der Waals surface area contributed by atoms with E-state index in [0.717, 1.165) is 0 Å². The number of para-hydroxylation sites is 1. The van der Waals surface area contributed by atoms with Crippen LogP contribution in [0.15, 0.2) is 48.5 Å². The molecule has 3 nitrogen and oxygen atoms in total. The van der Waals surface area contributed by atoms with E-state index in [9.17, 15) is 4.79 Å². The number of carbonyl (C=O) groups is 1. The number of amides is 1. The van der Waals surface area contributed by atoms with Gasteiger partial charge in [-0.15, -0.1) is 0 Å². The van der Waals surface area contributed by atoms with Crippen LogP contribution < -0.4 is 10.1 Å². The first-order valence-electron chi connectivity index (χ1n) is 6.04. The zero-order chi connectivity index (χ0) is 14.5. The number of carbonyl (C=O) groups excluding carboxylic acids is 1. The third kappa shape index (κ3) is 3.89. The summed E-state index contributed by atoms with van der Waals surface area (Å²) >= 11 is 11.8. The zero-order valence-electron chi connectivity index (χ0n) is 10.8. The van der Waals surface area contributed by atoms with Gasteiger partial charge in [-0.25, -0.2) is 0 Å². The van der Waals surface area contributed by atoms with Crippen molar-refractivity contribution in [3.8, 4) is 5.75 Å². The molecule has 0 radical (unpaired) electrons. The average Bonchev–Trinajstić information content (AvgIpc) is 2.44. The van der Waals surface area contributed by atoms with E-state index in [0.29, 0.717) is 21.5 Å². The molecule has 1 amide bonds. The number of hydrogen-bond donors (Lipinski definition) is 1. The van der Waals surface area contributed by atoms with Crippen LogP contribution >= 0.6 is 23.2 Å². The lowest BCUT2D eigenvalue weighted by Crippen LogP contribution is -2.30. The normalized spacial score (nSPS) is 11.8. The Morgan fingerprint density at radius 1 is 1.10 bits per heavy atom. The summed E-state index contributed by atoms with van der Waals surface area (Å²) in [6, 6.07) is 13.9. The number of ether oxygens (including phenoxy) is 1. The van der Waals surface area contributed by atoms with E-state index in [2.05, 4.69) is 5.32 Å². The van der Waals surface area contributed by atoms with Crippen molar-refractivity contribution in [2.75, 3.05) is 5.32 Å². The lowest BCUT2D eigenvalue weighted by molar-refractivity contribution is -0.122. The summed E-state index contributed by atoms with van der Waals surface area (Å²) in [5.74, 6) is 0.222. The van der Waals surface area contributed by atoms with Crippen molar-refractivity contribution in [3.63, 3.8) is 0 Å². The van der Waals surface area contributed by atoms with Crippen molar-refractivity contribution in [1.82, 2.24) is 0 Å². The summed E-state index contributed by atoms with van der Waals surface area (Å²) in [6.45, 7) is 1.66. The van der Waals surface area contributed by atoms with E-state index in [1.807, 2.05) is 0 Å². The predicted octanol–water partition coefficient (Wildman–Crippen LogP) is 4.40. The molecule has 1 N–H and O–H groups in total. The third-order valence-corrected chi connectivity index (χ3v) is 3.19. The van der Waals surface area contributed by atoms with E-state index < -0.39 is 6.10 Å². The van der Waals surface area contributed by atoms with E-state index in [4.69, 9.17) is 27.9 Å². The molecule has 0 bridgehead atoms. The van der Waals surface area contributed by atoms with Crippen LogP contribution in [-0.2, 0) is 4.79 Å². The molecule has 0 unspecified atom stereocenters. The predicted molar refractivity (Wildman–Crippen MR) is 81.6 cm³/mol. The van der Waals surface area contributed by atoms with Gasteiger partial charge in [0.1, 0.15) is 5.75 Å². The molecular formula is C15H13Cl2NO2. The van der Waals surface area contributed by atoms with Gasteiger partial charge < -0.3 is 10.1 Å². The van der Waals surface area contributed by atoms with Crippen LogP contribution in [0.4, 0.5) is 5.69 Å². The zero-order valence-corrected chi connectivity index (χ0v) is 12.3. The van der Waals surface area contributed by atoms with Crippen molar-refractivity contribution in [2.24, 2.45) is 0 Å². The van der Waals surface area contributed by atoms with Gasteiger partial charge in [0.05, 0.1) is 5.02 Å². The van der Waals surface area contributed by atoms with Gasteiger partial charge in [0.15, 0.2) is 6.10 Å². The molecule has 0 saturated heterocycles. The van der Waals surface area contributed by atoms with Crippen molar-refractivity contribution in [2.45, 2.75) is 13.0 Å². The van der Waals surface area contributed by atoms with Gasteiger partial charge in [0, 0.05) is 10.7 Å². The number of benzene rings is 2. The van der Waals surface area contributed by atoms with Crippen molar-refractivity contribution >= 4 is 34.8 Å². The fourth-order valence-electron chi connectivity index (χ4n) is 1.56. The van der Waals surface area contributed by atoms with Gasteiger partial charge in [0.25, 0.3) is 5.91 Å². The Morgan fingerprint density at radius 3 is 2.40 bits per heavy atom. The summed E-state index contributed by atoms with van der Waals surface area (Å²) in [5.41, 5.74) is 0.661. The van der Waals surface area contributed by atoms with E-state index >= 15 is 0 Å². The lowest BCUT2D eigenvalue weighted by atomic mass is 10.3.